The maximum Gasteiger partial charge on any atom is 0.325 e. The molecule has 0 aliphatic carbocycles. The number of nitrogens with zero attached hydrogens (tertiary/aromatic N) is 1. The number of thiazole rings is 1. The summed E-state index contributed by atoms with van der Waals surface area (Å²) in [6.07, 6.45) is 0. The van der Waals surface area contributed by atoms with E-state index in [4.69, 9.17) is 21.1 Å². The molecule has 1 heterocycles. The molecule has 0 aliphatic rings. The van der Waals surface area contributed by atoms with E-state index < -0.39 is 11.9 Å². The Morgan fingerprint density at radius 3 is 2.45 bits per heavy atom. The van der Waals surface area contributed by atoms with Crippen LogP contribution in [0.25, 0.3) is 0 Å². The first-order chi connectivity index (χ1) is 14.0. The van der Waals surface area contributed by atoms with Crippen LogP contribution in [0.4, 0.5) is 21.3 Å². The van der Waals surface area contributed by atoms with Crippen molar-refractivity contribution in [3.05, 3.63) is 58.6 Å². The molecule has 0 unspecified atom stereocenters. The number of amides is 3. The third kappa shape index (κ3) is 5.37. The van der Waals surface area contributed by atoms with Crippen LogP contribution in [0, 0.1) is 0 Å². The van der Waals surface area contributed by atoms with Gasteiger partial charge in [0, 0.05) is 27.8 Å². The van der Waals surface area contributed by atoms with Crippen molar-refractivity contribution < 1.29 is 19.1 Å². The lowest BCUT2D eigenvalue weighted by Gasteiger charge is -2.10. The Bertz CT molecular complexity index is 1040. The number of rotatable bonds is 6. The predicted octanol–water partition coefficient (Wildman–Crippen LogP) is 4.71. The zero-order valence-corrected chi connectivity index (χ0v) is 17.1. The van der Waals surface area contributed by atoms with E-state index in [9.17, 15) is 9.59 Å². The maximum absolute atomic E-state index is 12.4. The van der Waals surface area contributed by atoms with E-state index in [1.165, 1.54) is 14.2 Å². The Hall–Kier alpha value is -3.30. The lowest BCUT2D eigenvalue weighted by atomic mass is 10.2. The summed E-state index contributed by atoms with van der Waals surface area (Å²) in [5.41, 5.74) is 1.23. The minimum absolute atomic E-state index is 0.169. The molecule has 3 aromatic rings. The largest absolute Gasteiger partial charge is 0.493 e. The molecule has 0 aliphatic heterocycles. The van der Waals surface area contributed by atoms with Crippen molar-refractivity contribution >= 4 is 51.4 Å². The lowest BCUT2D eigenvalue weighted by Crippen LogP contribution is -2.19. The van der Waals surface area contributed by atoms with Crippen LogP contribution < -0.4 is 25.4 Å². The summed E-state index contributed by atoms with van der Waals surface area (Å²) in [5, 5.41) is 10.3. The number of anilines is 3. The summed E-state index contributed by atoms with van der Waals surface area (Å²) in [7, 11) is 3.04. The number of ether oxygens (including phenoxy) is 2. The van der Waals surface area contributed by atoms with Gasteiger partial charge in [0.25, 0.3) is 5.91 Å². The molecule has 29 heavy (non-hydrogen) atoms. The quantitative estimate of drug-likeness (QED) is 0.523. The zero-order valence-electron chi connectivity index (χ0n) is 15.5. The Kier molecular flexibility index (Phi) is 6.53. The van der Waals surface area contributed by atoms with Crippen molar-refractivity contribution in [3.8, 4) is 11.5 Å². The zero-order chi connectivity index (χ0) is 20.8. The van der Waals surface area contributed by atoms with Crippen molar-refractivity contribution in [1.29, 1.82) is 0 Å². The number of nitrogens with one attached hydrogen (secondary N) is 3. The standard InChI is InChI=1S/C19H17ClN4O4S/c1-27-15-7-6-13(9-16(15)28-2)21-17(25)14-10-29-19(23-14)24-18(26)22-12-5-3-4-11(20)8-12/h3-10H,1-2H3,(H,21,25)(H2,22,23,24,26). The summed E-state index contributed by atoms with van der Waals surface area (Å²) in [6, 6.07) is 11.3. The molecule has 0 bridgehead atoms. The van der Waals surface area contributed by atoms with E-state index in [0.29, 0.717) is 27.9 Å². The van der Waals surface area contributed by atoms with Gasteiger partial charge in [0.05, 0.1) is 14.2 Å². The van der Waals surface area contributed by atoms with Gasteiger partial charge in [-0.15, -0.1) is 11.3 Å². The van der Waals surface area contributed by atoms with Crippen LogP contribution in [-0.4, -0.2) is 31.1 Å². The van der Waals surface area contributed by atoms with Crippen LogP contribution in [0.15, 0.2) is 47.8 Å². The average molecular weight is 433 g/mol. The molecule has 0 radical (unpaired) electrons. The summed E-state index contributed by atoms with van der Waals surface area (Å²) in [4.78, 5) is 28.6. The number of halogens is 1. The van der Waals surface area contributed by atoms with Gasteiger partial charge < -0.3 is 20.1 Å². The van der Waals surface area contributed by atoms with Crippen LogP contribution in [0.3, 0.4) is 0 Å². The number of aromatic nitrogens is 1. The first-order valence-corrected chi connectivity index (χ1v) is 9.56. The smallest absolute Gasteiger partial charge is 0.325 e. The van der Waals surface area contributed by atoms with Gasteiger partial charge in [-0.3, -0.25) is 10.1 Å². The van der Waals surface area contributed by atoms with Crippen LogP contribution in [0.2, 0.25) is 5.02 Å². The van der Waals surface area contributed by atoms with Crippen molar-refractivity contribution in [2.45, 2.75) is 0 Å². The second-order valence-corrected chi connectivity index (χ2v) is 6.95. The first-order valence-electron chi connectivity index (χ1n) is 8.31. The fourth-order valence-electron chi connectivity index (χ4n) is 2.37. The number of benzene rings is 2. The fourth-order valence-corrected chi connectivity index (χ4v) is 3.25. The van der Waals surface area contributed by atoms with Crippen LogP contribution in [-0.2, 0) is 0 Å². The molecule has 3 rings (SSSR count). The van der Waals surface area contributed by atoms with Gasteiger partial charge in [0.1, 0.15) is 5.69 Å². The molecule has 0 saturated heterocycles. The molecule has 3 N–H and O–H groups in total. The van der Waals surface area contributed by atoms with Crippen LogP contribution >= 0.6 is 22.9 Å². The Balaban J connectivity index is 1.61. The maximum atomic E-state index is 12.4. The molecule has 10 heteroatoms. The molecule has 1 aromatic heterocycles. The van der Waals surface area contributed by atoms with Crippen LogP contribution in [0.1, 0.15) is 10.5 Å². The van der Waals surface area contributed by atoms with Crippen molar-refractivity contribution in [2.75, 3.05) is 30.2 Å². The normalized spacial score (nSPS) is 10.2. The van der Waals surface area contributed by atoms with Crippen molar-refractivity contribution in [1.82, 2.24) is 4.98 Å². The summed E-state index contributed by atoms with van der Waals surface area (Å²) in [6.45, 7) is 0. The molecule has 0 fully saturated rings. The van der Waals surface area contributed by atoms with E-state index in [-0.39, 0.29) is 10.8 Å². The van der Waals surface area contributed by atoms with Gasteiger partial charge in [0.15, 0.2) is 16.6 Å². The van der Waals surface area contributed by atoms with E-state index in [2.05, 4.69) is 20.9 Å². The molecule has 8 nitrogen and oxygen atoms in total. The first kappa shape index (κ1) is 20.4. The second kappa shape index (κ2) is 9.26. The van der Waals surface area contributed by atoms with Gasteiger partial charge in [-0.25, -0.2) is 9.78 Å². The van der Waals surface area contributed by atoms with E-state index in [1.807, 2.05) is 0 Å². The average Bonchev–Trinajstić information content (AvgIpc) is 3.16. The molecule has 150 valence electrons. The second-order valence-electron chi connectivity index (χ2n) is 5.65. The monoisotopic (exact) mass is 432 g/mol. The van der Waals surface area contributed by atoms with E-state index in [1.54, 1.807) is 47.8 Å². The highest BCUT2D eigenvalue weighted by molar-refractivity contribution is 7.14. The highest BCUT2D eigenvalue weighted by Gasteiger charge is 2.14. The van der Waals surface area contributed by atoms with E-state index >= 15 is 0 Å². The van der Waals surface area contributed by atoms with Gasteiger partial charge in [-0.2, -0.15) is 0 Å². The number of carbonyl (C=O) groups excluding carboxylic acids is 2. The van der Waals surface area contributed by atoms with Gasteiger partial charge in [0.2, 0.25) is 0 Å². The van der Waals surface area contributed by atoms with E-state index in [0.717, 1.165) is 11.3 Å². The summed E-state index contributed by atoms with van der Waals surface area (Å²) in [5.74, 6) is 0.622. The third-order valence-electron chi connectivity index (χ3n) is 3.68. The summed E-state index contributed by atoms with van der Waals surface area (Å²) < 4.78 is 10.4. The number of carbonyl (C=O) groups is 2. The van der Waals surface area contributed by atoms with Crippen molar-refractivity contribution in [3.63, 3.8) is 0 Å². The molecule has 2 aromatic carbocycles. The van der Waals surface area contributed by atoms with Crippen LogP contribution in [0.5, 0.6) is 11.5 Å². The number of hydrogen-bond donors (Lipinski definition) is 3. The molecule has 0 saturated carbocycles. The molecule has 0 spiro atoms. The fraction of sp³-hybridized carbons (Fsp3) is 0.105. The topological polar surface area (TPSA) is 102 Å². The summed E-state index contributed by atoms with van der Waals surface area (Å²) >= 11 is 7.02. The number of hydrogen-bond acceptors (Lipinski definition) is 6. The number of methoxy groups -OCH3 is 2. The van der Waals surface area contributed by atoms with Gasteiger partial charge >= 0.3 is 6.03 Å². The van der Waals surface area contributed by atoms with Gasteiger partial charge in [-0.1, -0.05) is 17.7 Å². The Morgan fingerprint density at radius 1 is 0.966 bits per heavy atom. The number of urea groups is 1. The highest BCUT2D eigenvalue weighted by Crippen LogP contribution is 2.30. The van der Waals surface area contributed by atoms with Crippen molar-refractivity contribution in [2.24, 2.45) is 0 Å². The molecular weight excluding hydrogens is 416 g/mol. The minimum Gasteiger partial charge on any atom is -0.493 e. The molecule has 0 atom stereocenters. The highest BCUT2D eigenvalue weighted by atomic mass is 35.5. The third-order valence-corrected chi connectivity index (χ3v) is 4.67. The Morgan fingerprint density at radius 2 is 1.72 bits per heavy atom. The molecular formula is C19H17ClN4O4S. The Labute approximate surface area is 175 Å². The SMILES string of the molecule is COc1ccc(NC(=O)c2csc(NC(=O)Nc3cccc(Cl)c3)n2)cc1OC. The lowest BCUT2D eigenvalue weighted by molar-refractivity contribution is 0.102. The van der Waals surface area contributed by atoms with Gasteiger partial charge in [-0.05, 0) is 30.3 Å². The molecule has 3 amide bonds. The predicted molar refractivity (Wildman–Crippen MR) is 114 cm³/mol. The minimum atomic E-state index is -0.492.